The minimum absolute atomic E-state index is 0.172. The zero-order valence-electron chi connectivity index (χ0n) is 18.9. The monoisotopic (exact) mass is 472 g/mol. The maximum Gasteiger partial charge on any atom is 0.324 e. The van der Waals surface area contributed by atoms with Crippen LogP contribution in [0, 0.1) is 6.92 Å². The Labute approximate surface area is 194 Å². The molecule has 33 heavy (non-hydrogen) atoms. The van der Waals surface area contributed by atoms with Crippen LogP contribution < -0.4 is 9.46 Å². The summed E-state index contributed by atoms with van der Waals surface area (Å²) in [6.45, 7) is 4.14. The highest BCUT2D eigenvalue weighted by atomic mass is 32.2. The fraction of sp³-hybridized carbons (Fsp3) is 0.333. The number of ether oxygens (including phenoxy) is 2. The molecule has 0 aliphatic heterocycles. The van der Waals surface area contributed by atoms with Gasteiger partial charge in [-0.05, 0) is 50.1 Å². The highest BCUT2D eigenvalue weighted by molar-refractivity contribution is 7.88. The quantitative estimate of drug-likeness (QED) is 0.427. The van der Waals surface area contributed by atoms with Gasteiger partial charge in [0.25, 0.3) is 0 Å². The van der Waals surface area contributed by atoms with E-state index in [9.17, 15) is 13.2 Å². The highest BCUT2D eigenvalue weighted by Crippen LogP contribution is 2.22. The first-order valence-corrected chi connectivity index (χ1v) is 12.5. The number of carbonyl (C=O) groups excluding carboxylic acids is 1. The number of carbonyl (C=O) groups is 1. The summed E-state index contributed by atoms with van der Waals surface area (Å²) in [6, 6.07) is 15.9. The molecule has 1 unspecified atom stereocenters. The molecule has 0 aliphatic carbocycles. The number of aryl methyl sites for hydroxylation is 1. The Balaban J connectivity index is 1.56. The van der Waals surface area contributed by atoms with E-state index in [0.29, 0.717) is 24.7 Å². The summed E-state index contributed by atoms with van der Waals surface area (Å²) in [7, 11) is -3.56. The molecule has 1 atom stereocenters. The average Bonchev–Trinajstić information content (AvgIpc) is 3.15. The van der Waals surface area contributed by atoms with Crippen molar-refractivity contribution in [2.45, 2.75) is 32.7 Å². The Morgan fingerprint density at radius 3 is 2.45 bits per heavy atom. The van der Waals surface area contributed by atoms with E-state index in [4.69, 9.17) is 13.9 Å². The third kappa shape index (κ3) is 7.44. The van der Waals surface area contributed by atoms with Crippen molar-refractivity contribution >= 4 is 16.0 Å². The van der Waals surface area contributed by atoms with E-state index in [1.165, 1.54) is 0 Å². The molecule has 0 amide bonds. The predicted octanol–water partition coefficient (Wildman–Crippen LogP) is 3.29. The molecule has 0 bridgehead atoms. The van der Waals surface area contributed by atoms with Gasteiger partial charge in [0.15, 0.2) is 0 Å². The van der Waals surface area contributed by atoms with E-state index in [1.54, 1.807) is 31.2 Å². The number of aromatic nitrogens is 1. The average molecular weight is 473 g/mol. The van der Waals surface area contributed by atoms with Crippen LogP contribution in [0.1, 0.15) is 23.9 Å². The first kappa shape index (κ1) is 24.5. The Hall–Kier alpha value is -3.17. The second-order valence-corrected chi connectivity index (χ2v) is 9.31. The highest BCUT2D eigenvalue weighted by Gasteiger charge is 2.23. The Kier molecular flexibility index (Phi) is 8.24. The Bertz CT molecular complexity index is 1160. The first-order chi connectivity index (χ1) is 15.7. The van der Waals surface area contributed by atoms with Crippen LogP contribution in [0.5, 0.6) is 5.75 Å². The van der Waals surface area contributed by atoms with Gasteiger partial charge in [0, 0.05) is 12.0 Å². The van der Waals surface area contributed by atoms with E-state index >= 15 is 0 Å². The van der Waals surface area contributed by atoms with Crippen LogP contribution in [0.2, 0.25) is 0 Å². The summed E-state index contributed by atoms with van der Waals surface area (Å²) in [5.41, 5.74) is 2.54. The van der Waals surface area contributed by atoms with Crippen LogP contribution in [0.4, 0.5) is 0 Å². The minimum Gasteiger partial charge on any atom is -0.493 e. The molecule has 0 saturated carbocycles. The van der Waals surface area contributed by atoms with Gasteiger partial charge in [-0.25, -0.2) is 18.1 Å². The van der Waals surface area contributed by atoms with Crippen molar-refractivity contribution in [1.29, 1.82) is 0 Å². The number of nitrogens with one attached hydrogen (secondary N) is 1. The van der Waals surface area contributed by atoms with Crippen LogP contribution in [0.25, 0.3) is 11.5 Å². The van der Waals surface area contributed by atoms with E-state index in [0.717, 1.165) is 28.8 Å². The van der Waals surface area contributed by atoms with Gasteiger partial charge in [0.2, 0.25) is 15.9 Å². The number of nitrogens with zero attached hydrogens (tertiary/aromatic N) is 1. The van der Waals surface area contributed by atoms with Gasteiger partial charge in [-0.3, -0.25) is 4.79 Å². The molecule has 0 spiro atoms. The SMILES string of the molecule is CCOC(=O)C(Cc1ccc(OCCc2nc(-c3ccccc3)oc2C)cc1)NS(C)(=O)=O. The zero-order chi connectivity index (χ0) is 23.8. The number of rotatable bonds is 11. The molecule has 1 heterocycles. The molecule has 0 aliphatic rings. The molecule has 3 rings (SSSR count). The Morgan fingerprint density at radius 1 is 1.12 bits per heavy atom. The molecule has 8 nitrogen and oxygen atoms in total. The van der Waals surface area contributed by atoms with Crippen molar-refractivity contribution in [2.24, 2.45) is 0 Å². The molecule has 1 N–H and O–H groups in total. The van der Waals surface area contributed by atoms with Gasteiger partial charge in [-0.1, -0.05) is 30.3 Å². The molecule has 176 valence electrons. The van der Waals surface area contributed by atoms with Crippen LogP contribution in [-0.4, -0.2) is 44.9 Å². The molecule has 0 radical (unpaired) electrons. The maximum absolute atomic E-state index is 12.1. The van der Waals surface area contributed by atoms with Gasteiger partial charge >= 0.3 is 5.97 Å². The van der Waals surface area contributed by atoms with Gasteiger partial charge in [-0.15, -0.1) is 0 Å². The second kappa shape index (κ2) is 11.1. The molecule has 3 aromatic rings. The second-order valence-electron chi connectivity index (χ2n) is 7.53. The topological polar surface area (TPSA) is 108 Å². The minimum atomic E-state index is -3.56. The molecule has 2 aromatic carbocycles. The number of esters is 1. The van der Waals surface area contributed by atoms with Gasteiger partial charge < -0.3 is 13.9 Å². The van der Waals surface area contributed by atoms with Crippen molar-refractivity contribution in [3.8, 4) is 17.2 Å². The number of oxazole rings is 1. The lowest BCUT2D eigenvalue weighted by atomic mass is 10.1. The first-order valence-electron chi connectivity index (χ1n) is 10.6. The predicted molar refractivity (Wildman–Crippen MR) is 124 cm³/mol. The molecular formula is C24H28N2O6S. The summed E-state index contributed by atoms with van der Waals surface area (Å²) in [5, 5.41) is 0. The van der Waals surface area contributed by atoms with E-state index in [2.05, 4.69) is 9.71 Å². The summed E-state index contributed by atoms with van der Waals surface area (Å²) >= 11 is 0. The molecule has 0 fully saturated rings. The smallest absolute Gasteiger partial charge is 0.324 e. The molecule has 0 saturated heterocycles. The molecular weight excluding hydrogens is 444 g/mol. The van der Waals surface area contributed by atoms with Gasteiger partial charge in [0.1, 0.15) is 17.6 Å². The van der Waals surface area contributed by atoms with E-state index < -0.39 is 22.0 Å². The van der Waals surface area contributed by atoms with Crippen LogP contribution in [0.15, 0.2) is 59.0 Å². The van der Waals surface area contributed by atoms with Crippen molar-refractivity contribution in [3.05, 3.63) is 71.6 Å². The third-order valence-corrected chi connectivity index (χ3v) is 5.52. The maximum atomic E-state index is 12.1. The van der Waals surface area contributed by atoms with Crippen molar-refractivity contribution in [1.82, 2.24) is 9.71 Å². The van der Waals surface area contributed by atoms with E-state index in [1.807, 2.05) is 37.3 Å². The van der Waals surface area contributed by atoms with Crippen molar-refractivity contribution < 1.29 is 27.1 Å². The summed E-state index contributed by atoms with van der Waals surface area (Å²) < 4.78 is 42.1. The fourth-order valence-electron chi connectivity index (χ4n) is 3.26. The van der Waals surface area contributed by atoms with Gasteiger partial charge in [-0.2, -0.15) is 0 Å². The van der Waals surface area contributed by atoms with Crippen LogP contribution in [-0.2, 0) is 32.4 Å². The lowest BCUT2D eigenvalue weighted by molar-refractivity contribution is -0.145. The number of sulfonamides is 1. The van der Waals surface area contributed by atoms with Gasteiger partial charge in [0.05, 0.1) is 25.2 Å². The zero-order valence-corrected chi connectivity index (χ0v) is 19.7. The summed E-state index contributed by atoms with van der Waals surface area (Å²) in [6.07, 6.45) is 1.77. The normalized spacial score (nSPS) is 12.3. The number of hydrogen-bond donors (Lipinski definition) is 1. The largest absolute Gasteiger partial charge is 0.493 e. The Morgan fingerprint density at radius 2 is 1.82 bits per heavy atom. The number of benzene rings is 2. The lowest BCUT2D eigenvalue weighted by Crippen LogP contribution is -2.42. The molecule has 9 heteroatoms. The van der Waals surface area contributed by atoms with E-state index in [-0.39, 0.29) is 13.0 Å². The van der Waals surface area contributed by atoms with Crippen LogP contribution >= 0.6 is 0 Å². The number of hydrogen-bond acceptors (Lipinski definition) is 7. The van der Waals surface area contributed by atoms with Crippen LogP contribution in [0.3, 0.4) is 0 Å². The van der Waals surface area contributed by atoms with Crippen molar-refractivity contribution in [2.75, 3.05) is 19.5 Å². The van der Waals surface area contributed by atoms with Crippen molar-refractivity contribution in [3.63, 3.8) is 0 Å². The standard InChI is InChI=1S/C24H28N2O6S/c1-4-30-24(27)22(26-33(3,28)29)16-18-10-12-20(13-11-18)31-15-14-21-17(2)32-23(25-21)19-8-6-5-7-9-19/h5-13,22,26H,4,14-16H2,1-3H3. The fourth-order valence-corrected chi connectivity index (χ4v) is 3.96. The molecule has 1 aromatic heterocycles. The lowest BCUT2D eigenvalue weighted by Gasteiger charge is -2.16. The summed E-state index contributed by atoms with van der Waals surface area (Å²) in [4.78, 5) is 16.7. The third-order valence-electron chi connectivity index (χ3n) is 4.81. The summed E-state index contributed by atoms with van der Waals surface area (Å²) in [5.74, 6) is 1.40.